The summed E-state index contributed by atoms with van der Waals surface area (Å²) in [6, 6.07) is 14.8. The minimum atomic E-state index is 0.151. The average molecular weight is 347 g/mol. The van der Waals surface area contributed by atoms with Gasteiger partial charge in [-0.15, -0.1) is 0 Å². The van der Waals surface area contributed by atoms with Gasteiger partial charge in [0.2, 0.25) is 5.91 Å². The van der Waals surface area contributed by atoms with Crippen molar-refractivity contribution in [3.8, 4) is 0 Å². The van der Waals surface area contributed by atoms with Crippen LogP contribution in [0.2, 0.25) is 0 Å². The highest BCUT2D eigenvalue weighted by Crippen LogP contribution is 2.28. The number of aryl methyl sites for hydroxylation is 1. The summed E-state index contributed by atoms with van der Waals surface area (Å²) in [6.45, 7) is 4.71. The van der Waals surface area contributed by atoms with Crippen LogP contribution in [0.5, 0.6) is 0 Å². The first-order valence-corrected chi connectivity index (χ1v) is 9.45. The fourth-order valence-electron chi connectivity index (χ4n) is 4.04. The molecule has 4 rings (SSSR count). The van der Waals surface area contributed by atoms with E-state index in [-0.39, 0.29) is 11.8 Å². The van der Waals surface area contributed by atoms with Crippen LogP contribution in [0, 0.1) is 19.8 Å². The van der Waals surface area contributed by atoms with Crippen molar-refractivity contribution in [1.82, 2.24) is 9.78 Å². The Bertz CT molecular complexity index is 946. The van der Waals surface area contributed by atoms with Gasteiger partial charge in [-0.25, -0.2) is 0 Å². The maximum absolute atomic E-state index is 12.5. The zero-order valence-electron chi connectivity index (χ0n) is 15.5. The fraction of sp³-hybridized carbons (Fsp3) is 0.364. The lowest BCUT2D eigenvalue weighted by molar-refractivity contribution is -0.119. The van der Waals surface area contributed by atoms with Crippen LogP contribution >= 0.6 is 0 Å². The van der Waals surface area contributed by atoms with Crippen molar-refractivity contribution in [2.24, 2.45) is 5.92 Å². The van der Waals surface area contributed by atoms with Crippen molar-refractivity contribution in [3.63, 3.8) is 0 Å². The van der Waals surface area contributed by atoms with Gasteiger partial charge >= 0.3 is 0 Å². The molecule has 1 heterocycles. The van der Waals surface area contributed by atoms with Gasteiger partial charge in [-0.05, 0) is 43.0 Å². The van der Waals surface area contributed by atoms with Gasteiger partial charge in [0.25, 0.3) is 0 Å². The van der Waals surface area contributed by atoms with Crippen LogP contribution in [0.1, 0.15) is 42.6 Å². The lowest BCUT2D eigenvalue weighted by Crippen LogP contribution is -2.21. The van der Waals surface area contributed by atoms with Crippen molar-refractivity contribution in [2.75, 3.05) is 5.32 Å². The summed E-state index contributed by atoms with van der Waals surface area (Å²) >= 11 is 0. The maximum Gasteiger partial charge on any atom is 0.227 e. The number of aromatic nitrogens is 2. The molecule has 0 atom stereocenters. The minimum Gasteiger partial charge on any atom is -0.323 e. The highest BCUT2D eigenvalue weighted by molar-refractivity contribution is 5.93. The molecule has 4 heteroatoms. The number of rotatable bonds is 4. The highest BCUT2D eigenvalue weighted by atomic mass is 16.1. The molecule has 3 aromatic rings. The van der Waals surface area contributed by atoms with E-state index in [1.807, 2.05) is 18.5 Å². The first-order valence-electron chi connectivity index (χ1n) is 9.45. The van der Waals surface area contributed by atoms with E-state index in [1.54, 1.807) is 0 Å². The molecule has 1 saturated carbocycles. The second-order valence-corrected chi connectivity index (χ2v) is 7.31. The lowest BCUT2D eigenvalue weighted by Gasteiger charge is -2.11. The van der Waals surface area contributed by atoms with Gasteiger partial charge in [0.1, 0.15) is 0 Å². The molecule has 1 N–H and O–H groups in total. The Morgan fingerprint density at radius 1 is 1.12 bits per heavy atom. The maximum atomic E-state index is 12.5. The Morgan fingerprint density at radius 3 is 2.65 bits per heavy atom. The number of nitrogens with zero attached hydrogens (tertiary/aromatic N) is 2. The molecule has 2 aromatic carbocycles. The molecule has 0 spiro atoms. The van der Waals surface area contributed by atoms with E-state index >= 15 is 0 Å². The SMILES string of the molecule is Cc1nn(Cc2cccc3ccccc23)c(C)c1NC(=O)C1CCCC1. The third kappa shape index (κ3) is 3.12. The summed E-state index contributed by atoms with van der Waals surface area (Å²) in [4.78, 5) is 12.5. The number of anilines is 1. The van der Waals surface area contributed by atoms with E-state index in [2.05, 4.69) is 47.8 Å². The third-order valence-corrected chi connectivity index (χ3v) is 5.56. The molecule has 134 valence electrons. The van der Waals surface area contributed by atoms with Crippen LogP contribution in [0.15, 0.2) is 42.5 Å². The standard InChI is InChI=1S/C22H25N3O/c1-15-21(23-22(26)18-9-3-4-10-18)16(2)25(24-15)14-19-12-7-11-17-8-5-6-13-20(17)19/h5-8,11-13,18H,3-4,9-10,14H2,1-2H3,(H,23,26). The Morgan fingerprint density at radius 2 is 1.85 bits per heavy atom. The predicted molar refractivity (Wildman–Crippen MR) is 105 cm³/mol. The van der Waals surface area contributed by atoms with Crippen molar-refractivity contribution in [2.45, 2.75) is 46.1 Å². The molecule has 4 nitrogen and oxygen atoms in total. The van der Waals surface area contributed by atoms with Crippen LogP contribution < -0.4 is 5.32 Å². The summed E-state index contributed by atoms with van der Waals surface area (Å²) in [5.74, 6) is 0.314. The molecule has 0 saturated heterocycles. The smallest absolute Gasteiger partial charge is 0.227 e. The van der Waals surface area contributed by atoms with Crippen LogP contribution in [0.4, 0.5) is 5.69 Å². The van der Waals surface area contributed by atoms with Gasteiger partial charge in [0.15, 0.2) is 0 Å². The molecular formula is C22H25N3O. The lowest BCUT2D eigenvalue weighted by atomic mass is 10.0. The number of benzene rings is 2. The quantitative estimate of drug-likeness (QED) is 0.735. The van der Waals surface area contributed by atoms with E-state index in [0.29, 0.717) is 6.54 Å². The monoisotopic (exact) mass is 347 g/mol. The summed E-state index contributed by atoms with van der Waals surface area (Å²) in [6.07, 6.45) is 4.34. The van der Waals surface area contributed by atoms with E-state index in [4.69, 9.17) is 5.10 Å². The van der Waals surface area contributed by atoms with Crippen LogP contribution in [0.25, 0.3) is 10.8 Å². The molecule has 0 radical (unpaired) electrons. The van der Waals surface area contributed by atoms with Gasteiger partial charge in [0.05, 0.1) is 23.6 Å². The summed E-state index contributed by atoms with van der Waals surface area (Å²) in [5.41, 5.74) is 4.01. The number of carbonyl (C=O) groups excluding carboxylic acids is 1. The third-order valence-electron chi connectivity index (χ3n) is 5.56. The van der Waals surface area contributed by atoms with E-state index < -0.39 is 0 Å². The molecule has 1 aliphatic carbocycles. The summed E-state index contributed by atoms with van der Waals surface area (Å²) < 4.78 is 2.00. The molecule has 1 aromatic heterocycles. The predicted octanol–water partition coefficient (Wildman–Crippen LogP) is 4.83. The number of fused-ring (bicyclic) bond motifs is 1. The van der Waals surface area contributed by atoms with Crippen molar-refractivity contribution >= 4 is 22.4 Å². The zero-order valence-corrected chi connectivity index (χ0v) is 15.5. The molecule has 1 aliphatic rings. The van der Waals surface area contributed by atoms with E-state index in [9.17, 15) is 4.79 Å². The summed E-state index contributed by atoms with van der Waals surface area (Å²) in [7, 11) is 0. The average Bonchev–Trinajstić information content (AvgIpc) is 3.27. The van der Waals surface area contributed by atoms with Gasteiger partial charge in [0, 0.05) is 5.92 Å². The van der Waals surface area contributed by atoms with Crippen LogP contribution in [0.3, 0.4) is 0 Å². The molecule has 0 unspecified atom stereocenters. The molecule has 26 heavy (non-hydrogen) atoms. The topological polar surface area (TPSA) is 46.9 Å². The number of amides is 1. The van der Waals surface area contributed by atoms with E-state index in [1.165, 1.54) is 16.3 Å². The van der Waals surface area contributed by atoms with Crippen molar-refractivity contribution in [3.05, 3.63) is 59.4 Å². The number of carbonyl (C=O) groups is 1. The van der Waals surface area contributed by atoms with Gasteiger partial charge in [-0.1, -0.05) is 55.3 Å². The Balaban J connectivity index is 1.60. The van der Waals surface area contributed by atoms with Gasteiger partial charge in [-0.3, -0.25) is 9.48 Å². The highest BCUT2D eigenvalue weighted by Gasteiger charge is 2.24. The molecule has 1 fully saturated rings. The van der Waals surface area contributed by atoms with Gasteiger partial charge < -0.3 is 5.32 Å². The first kappa shape index (κ1) is 16.8. The Kier molecular flexibility index (Phi) is 4.49. The normalized spacial score (nSPS) is 14.8. The number of hydrogen-bond donors (Lipinski definition) is 1. The first-order chi connectivity index (χ1) is 12.6. The Labute approximate surface area is 154 Å². The van der Waals surface area contributed by atoms with Crippen molar-refractivity contribution in [1.29, 1.82) is 0 Å². The number of hydrogen-bond acceptors (Lipinski definition) is 2. The van der Waals surface area contributed by atoms with Crippen molar-refractivity contribution < 1.29 is 4.79 Å². The molecule has 0 aliphatic heterocycles. The molecule has 1 amide bonds. The minimum absolute atomic E-state index is 0.151. The second-order valence-electron chi connectivity index (χ2n) is 7.31. The second kappa shape index (κ2) is 6.94. The molecular weight excluding hydrogens is 322 g/mol. The van der Waals surface area contributed by atoms with E-state index in [0.717, 1.165) is 42.8 Å². The number of nitrogens with one attached hydrogen (secondary N) is 1. The largest absolute Gasteiger partial charge is 0.323 e. The van der Waals surface area contributed by atoms with Gasteiger partial charge in [-0.2, -0.15) is 5.10 Å². The summed E-state index contributed by atoms with van der Waals surface area (Å²) in [5, 5.41) is 10.3. The molecule has 0 bridgehead atoms. The van der Waals surface area contributed by atoms with Crippen LogP contribution in [-0.2, 0) is 11.3 Å². The Hall–Kier alpha value is -2.62. The van der Waals surface area contributed by atoms with Crippen LogP contribution in [-0.4, -0.2) is 15.7 Å². The fourth-order valence-corrected chi connectivity index (χ4v) is 4.04. The zero-order chi connectivity index (χ0) is 18.1.